The summed E-state index contributed by atoms with van der Waals surface area (Å²) in [5.74, 6) is -1.54. The first-order chi connectivity index (χ1) is 13.6. The molecule has 0 bridgehead atoms. The Bertz CT molecular complexity index is 809. The molecule has 1 aromatic carbocycles. The van der Waals surface area contributed by atoms with Crippen LogP contribution in [0, 0.1) is 0 Å². The summed E-state index contributed by atoms with van der Waals surface area (Å²) < 4.78 is 43.6. The van der Waals surface area contributed by atoms with Gasteiger partial charge >= 0.3 is 12.1 Å². The van der Waals surface area contributed by atoms with Gasteiger partial charge in [-0.3, -0.25) is 14.4 Å². The standard InChI is InChI=1S/C19H21F3N2O4S/c1-11(18(27)24-7-3-2-4-8-24)28-16(25)10-15-17(26)23-13-9-12(19(20,21)22)5-6-14(13)29-15/h5-6,9,11,15H,2-4,7-8,10H2,1H3,(H,23,26)/t11-,15-/m1/s1. The van der Waals surface area contributed by atoms with Crippen molar-refractivity contribution in [3.8, 4) is 0 Å². The van der Waals surface area contributed by atoms with Crippen molar-refractivity contribution >= 4 is 35.2 Å². The van der Waals surface area contributed by atoms with Crippen molar-refractivity contribution in [3.05, 3.63) is 23.8 Å². The Labute approximate surface area is 170 Å². The third-order valence-corrected chi connectivity index (χ3v) is 6.08. The lowest BCUT2D eigenvalue weighted by Crippen LogP contribution is -2.43. The molecule has 3 rings (SSSR count). The maximum Gasteiger partial charge on any atom is 0.416 e. The molecule has 0 spiro atoms. The van der Waals surface area contributed by atoms with E-state index in [1.807, 2.05) is 0 Å². The van der Waals surface area contributed by atoms with E-state index in [9.17, 15) is 27.6 Å². The monoisotopic (exact) mass is 430 g/mol. The highest BCUT2D eigenvalue weighted by atomic mass is 32.2. The van der Waals surface area contributed by atoms with Crippen LogP contribution in [0.25, 0.3) is 0 Å². The third kappa shape index (κ3) is 5.23. The number of hydrogen-bond donors (Lipinski definition) is 1. The molecule has 0 aromatic heterocycles. The average Bonchev–Trinajstić information content (AvgIpc) is 2.67. The molecule has 0 aliphatic carbocycles. The number of piperidine rings is 1. The van der Waals surface area contributed by atoms with Crippen molar-refractivity contribution in [3.63, 3.8) is 0 Å². The van der Waals surface area contributed by atoms with Gasteiger partial charge in [0.25, 0.3) is 5.91 Å². The van der Waals surface area contributed by atoms with Gasteiger partial charge in [0.15, 0.2) is 6.10 Å². The molecule has 1 fully saturated rings. The van der Waals surface area contributed by atoms with Crippen molar-refractivity contribution in [2.45, 2.75) is 55.0 Å². The zero-order chi connectivity index (χ0) is 21.2. The van der Waals surface area contributed by atoms with Gasteiger partial charge in [0.05, 0.1) is 22.9 Å². The maximum atomic E-state index is 12.8. The molecule has 1 aromatic rings. The van der Waals surface area contributed by atoms with Crippen LogP contribution in [-0.2, 0) is 25.3 Å². The summed E-state index contributed by atoms with van der Waals surface area (Å²) >= 11 is 1.00. The topological polar surface area (TPSA) is 75.7 Å². The van der Waals surface area contributed by atoms with Gasteiger partial charge in [0.1, 0.15) is 0 Å². The number of alkyl halides is 3. The number of benzene rings is 1. The highest BCUT2D eigenvalue weighted by Crippen LogP contribution is 2.40. The second-order valence-corrected chi connectivity index (χ2v) is 8.27. The molecule has 2 aliphatic rings. The Morgan fingerprint density at radius 3 is 2.62 bits per heavy atom. The van der Waals surface area contributed by atoms with Gasteiger partial charge in [0, 0.05) is 18.0 Å². The van der Waals surface area contributed by atoms with Crippen molar-refractivity contribution in [1.29, 1.82) is 0 Å². The van der Waals surface area contributed by atoms with Crippen LogP contribution in [0.5, 0.6) is 0 Å². The summed E-state index contributed by atoms with van der Waals surface area (Å²) in [4.78, 5) is 38.9. The smallest absolute Gasteiger partial charge is 0.416 e. The first-order valence-corrected chi connectivity index (χ1v) is 10.2. The lowest BCUT2D eigenvalue weighted by Gasteiger charge is -2.29. The zero-order valence-electron chi connectivity index (χ0n) is 15.8. The summed E-state index contributed by atoms with van der Waals surface area (Å²) in [5, 5.41) is 1.57. The number of thioether (sulfide) groups is 1. The second-order valence-electron chi connectivity index (χ2n) is 7.03. The molecule has 2 aliphatic heterocycles. The van der Waals surface area contributed by atoms with Crippen LogP contribution in [0.1, 0.15) is 38.2 Å². The number of hydrogen-bond acceptors (Lipinski definition) is 5. The van der Waals surface area contributed by atoms with Crippen LogP contribution in [0.4, 0.5) is 18.9 Å². The number of likely N-dealkylation sites (tertiary alicyclic amines) is 1. The van der Waals surface area contributed by atoms with E-state index >= 15 is 0 Å². The normalized spacial score (nSPS) is 20.5. The summed E-state index contributed by atoms with van der Waals surface area (Å²) in [6, 6.07) is 3.06. The molecule has 1 N–H and O–H groups in total. The highest BCUT2D eigenvalue weighted by molar-refractivity contribution is 8.01. The van der Waals surface area contributed by atoms with Gasteiger partial charge in [-0.2, -0.15) is 13.2 Å². The number of nitrogens with one attached hydrogen (secondary N) is 1. The fourth-order valence-electron chi connectivity index (χ4n) is 3.28. The van der Waals surface area contributed by atoms with Gasteiger partial charge in [-0.15, -0.1) is 11.8 Å². The third-order valence-electron chi connectivity index (χ3n) is 4.80. The van der Waals surface area contributed by atoms with Gasteiger partial charge < -0.3 is 15.0 Å². The highest BCUT2D eigenvalue weighted by Gasteiger charge is 2.35. The molecular formula is C19H21F3N2O4S. The molecule has 10 heteroatoms. The summed E-state index contributed by atoms with van der Waals surface area (Å²) in [5.41, 5.74) is -0.798. The molecule has 0 saturated carbocycles. The van der Waals surface area contributed by atoms with Crippen LogP contribution in [-0.4, -0.2) is 47.1 Å². The molecule has 0 radical (unpaired) electrons. The number of carbonyl (C=O) groups is 3. The first kappa shape index (κ1) is 21.5. The molecule has 2 amide bonds. The Hall–Kier alpha value is -2.23. The average molecular weight is 430 g/mol. The van der Waals surface area contributed by atoms with Gasteiger partial charge in [0.2, 0.25) is 5.91 Å². The Morgan fingerprint density at radius 1 is 1.28 bits per heavy atom. The number of carbonyl (C=O) groups excluding carboxylic acids is 3. The number of amides is 2. The maximum absolute atomic E-state index is 12.8. The van der Waals surface area contributed by atoms with E-state index in [-0.39, 0.29) is 18.0 Å². The van der Waals surface area contributed by atoms with Crippen molar-refractivity contribution < 1.29 is 32.3 Å². The Morgan fingerprint density at radius 2 is 1.97 bits per heavy atom. The first-order valence-electron chi connectivity index (χ1n) is 9.32. The number of anilines is 1. The van der Waals surface area contributed by atoms with E-state index in [0.717, 1.165) is 43.2 Å². The number of ether oxygens (including phenoxy) is 1. The summed E-state index contributed by atoms with van der Waals surface area (Å²) in [7, 11) is 0. The Balaban J connectivity index is 1.58. The summed E-state index contributed by atoms with van der Waals surface area (Å²) in [6.07, 6.45) is -2.84. The molecule has 2 atom stereocenters. The fraction of sp³-hybridized carbons (Fsp3) is 0.526. The lowest BCUT2D eigenvalue weighted by atomic mass is 10.1. The van der Waals surface area contributed by atoms with Crippen LogP contribution in [0.3, 0.4) is 0 Å². The van der Waals surface area contributed by atoms with E-state index in [0.29, 0.717) is 18.0 Å². The minimum atomic E-state index is -4.51. The fourth-order valence-corrected chi connectivity index (χ4v) is 4.36. The van der Waals surface area contributed by atoms with Gasteiger partial charge in [-0.25, -0.2) is 0 Å². The number of halogens is 3. The SMILES string of the molecule is C[C@@H](OC(=O)C[C@H]1Sc2ccc(C(F)(F)F)cc2NC1=O)C(=O)N1CCCCC1. The van der Waals surface area contributed by atoms with Crippen molar-refractivity contribution in [2.75, 3.05) is 18.4 Å². The van der Waals surface area contributed by atoms with Crippen LogP contribution < -0.4 is 5.32 Å². The lowest BCUT2D eigenvalue weighted by molar-refractivity contribution is -0.159. The molecule has 29 heavy (non-hydrogen) atoms. The predicted octanol–water partition coefficient (Wildman–Crippen LogP) is 3.45. The molecular weight excluding hydrogens is 409 g/mol. The quantitative estimate of drug-likeness (QED) is 0.741. The van der Waals surface area contributed by atoms with Gasteiger partial charge in [-0.1, -0.05) is 0 Å². The molecule has 158 valence electrons. The second kappa shape index (κ2) is 8.64. The molecule has 1 saturated heterocycles. The number of rotatable bonds is 4. The van der Waals surface area contributed by atoms with E-state index in [4.69, 9.17) is 4.74 Å². The molecule has 0 unspecified atom stereocenters. The minimum Gasteiger partial charge on any atom is -0.452 e. The van der Waals surface area contributed by atoms with Crippen molar-refractivity contribution in [1.82, 2.24) is 4.90 Å². The van der Waals surface area contributed by atoms with Crippen LogP contribution >= 0.6 is 11.8 Å². The zero-order valence-corrected chi connectivity index (χ0v) is 16.6. The number of esters is 1. The number of fused-ring (bicyclic) bond motifs is 1. The summed E-state index contributed by atoms with van der Waals surface area (Å²) in [6.45, 7) is 2.77. The Kier molecular flexibility index (Phi) is 6.40. The van der Waals surface area contributed by atoms with E-state index in [2.05, 4.69) is 5.32 Å². The van der Waals surface area contributed by atoms with Gasteiger partial charge in [-0.05, 0) is 44.4 Å². The minimum absolute atomic E-state index is 0.0630. The van der Waals surface area contributed by atoms with E-state index < -0.39 is 35.0 Å². The predicted molar refractivity (Wildman–Crippen MR) is 100 cm³/mol. The molecule has 6 nitrogen and oxygen atoms in total. The molecule has 2 heterocycles. The van der Waals surface area contributed by atoms with Crippen LogP contribution in [0.2, 0.25) is 0 Å². The van der Waals surface area contributed by atoms with Crippen LogP contribution in [0.15, 0.2) is 23.1 Å². The number of nitrogens with zero attached hydrogens (tertiary/aromatic N) is 1. The van der Waals surface area contributed by atoms with E-state index in [1.54, 1.807) is 4.90 Å². The van der Waals surface area contributed by atoms with Crippen molar-refractivity contribution in [2.24, 2.45) is 0 Å². The van der Waals surface area contributed by atoms with E-state index in [1.165, 1.54) is 13.0 Å². The largest absolute Gasteiger partial charge is 0.452 e.